The van der Waals surface area contributed by atoms with E-state index >= 15 is 0 Å². The Labute approximate surface area is 99.0 Å². The van der Waals surface area contributed by atoms with Gasteiger partial charge in [-0.1, -0.05) is 58.2 Å². The summed E-state index contributed by atoms with van der Waals surface area (Å²) in [4.78, 5) is 0. The Morgan fingerprint density at radius 1 is 0.667 bits per heavy atom. The Morgan fingerprint density at radius 2 is 1.00 bits per heavy atom. The normalized spacial score (nSPS) is 20.3. The van der Waals surface area contributed by atoms with Gasteiger partial charge in [0.25, 0.3) is 15.2 Å². The van der Waals surface area contributed by atoms with E-state index < -0.39 is 0 Å². The van der Waals surface area contributed by atoms with Crippen LogP contribution < -0.4 is 0 Å². The third kappa shape index (κ3) is 2.70. The first kappa shape index (κ1) is 10.5. The Bertz CT molecular complexity index is 201. The van der Waals surface area contributed by atoms with E-state index in [2.05, 4.69) is 48.6 Å². The van der Waals surface area contributed by atoms with Crippen molar-refractivity contribution in [3.05, 3.63) is 48.6 Å². The second-order valence-electron chi connectivity index (χ2n) is 3.10. The molecule has 60 valence electrons. The molecule has 0 amide bonds. The molecule has 0 nitrogen and oxygen atoms in total. The first-order valence-corrected chi connectivity index (χ1v) is 5.78. The average molecular weight is 251 g/mol. The van der Waals surface area contributed by atoms with Crippen molar-refractivity contribution in [3.63, 3.8) is 0 Å². The molecule has 0 fully saturated rings. The van der Waals surface area contributed by atoms with Gasteiger partial charge in [-0.3, -0.25) is 0 Å². The summed E-state index contributed by atoms with van der Waals surface area (Å²) in [6.45, 7) is 0. The van der Waals surface area contributed by atoms with Crippen molar-refractivity contribution >= 4 is 15.2 Å². The molecule has 0 radical (unpaired) electrons. The van der Waals surface area contributed by atoms with Crippen molar-refractivity contribution in [2.75, 3.05) is 0 Å². The molecule has 2 heteroatoms. The third-order valence-corrected chi connectivity index (χ3v) is 4.38. The molecular weight excluding hydrogens is 238 g/mol. The second kappa shape index (κ2) is 5.18. The molecule has 2 aliphatic carbocycles. The van der Waals surface area contributed by atoms with Crippen LogP contribution in [0.3, 0.4) is 0 Å². The molecule has 0 spiro atoms. The van der Waals surface area contributed by atoms with Crippen LogP contribution in [0.2, 0.25) is 9.56 Å². The maximum atomic E-state index is 2.33. The van der Waals surface area contributed by atoms with Gasteiger partial charge in [0.05, 0.1) is 0 Å². The van der Waals surface area contributed by atoms with E-state index in [1.807, 2.05) is 0 Å². The molecule has 2 aliphatic rings. The van der Waals surface area contributed by atoms with Crippen molar-refractivity contribution in [1.29, 1.82) is 0 Å². The van der Waals surface area contributed by atoms with E-state index in [0.29, 0.717) is 0 Å². The van der Waals surface area contributed by atoms with Crippen molar-refractivity contribution < 1.29 is 26.2 Å². The van der Waals surface area contributed by atoms with Gasteiger partial charge in [0.1, 0.15) is 0 Å². The molecule has 0 aromatic carbocycles. The predicted octanol–water partition coefficient (Wildman–Crippen LogP) is 1.71. The van der Waals surface area contributed by atoms with E-state index in [0.717, 1.165) is 9.56 Å². The van der Waals surface area contributed by atoms with E-state index in [1.54, 1.807) is 0 Å². The van der Waals surface area contributed by atoms with Crippen molar-refractivity contribution in [2.24, 2.45) is 0 Å². The summed E-state index contributed by atoms with van der Waals surface area (Å²) in [7, 11) is 0. The van der Waals surface area contributed by atoms with Gasteiger partial charge >= 0.3 is 26.2 Å². The minimum atomic E-state index is 0. The van der Waals surface area contributed by atoms with E-state index in [-0.39, 0.29) is 41.4 Å². The summed E-state index contributed by atoms with van der Waals surface area (Å²) >= 11 is 0.0170. The first-order chi connectivity index (χ1) is 5.45. The molecule has 0 heterocycles. The number of allylic oxidation sites excluding steroid dienone is 8. The summed E-state index contributed by atoms with van der Waals surface area (Å²) in [5, 5.41) is 0. The summed E-state index contributed by atoms with van der Waals surface area (Å²) in [5.41, 5.74) is 0. The van der Waals surface area contributed by atoms with Gasteiger partial charge < -0.3 is 0 Å². The Balaban J connectivity index is 0.000000720. The average Bonchev–Trinajstić information content (AvgIpc) is 2.60. The zero-order chi connectivity index (χ0) is 7.52. The summed E-state index contributed by atoms with van der Waals surface area (Å²) < 4.78 is 1.62. The quantitative estimate of drug-likeness (QED) is 0.656. The van der Waals surface area contributed by atoms with Crippen LogP contribution in [0.4, 0.5) is 0 Å². The van der Waals surface area contributed by atoms with Crippen LogP contribution in [-0.2, 0) is 26.2 Å². The molecule has 0 unspecified atom stereocenters. The fraction of sp³-hybridized carbons (Fsp3) is 0.200. The molecule has 0 N–H and O–H groups in total. The van der Waals surface area contributed by atoms with Crippen LogP contribution in [0.5, 0.6) is 0 Å². The third-order valence-electron chi connectivity index (χ3n) is 2.20. The minimum absolute atomic E-state index is 0. The zero-order valence-electron chi connectivity index (χ0n) is 7.19. The van der Waals surface area contributed by atoms with E-state index in [9.17, 15) is 0 Å². The number of rotatable bonds is 2. The first-order valence-electron chi connectivity index (χ1n) is 4.15. The molecule has 0 aliphatic heterocycles. The standard InChI is InChI=1S/2C5H5.Al.Zr.3H/c2*1-2-4-5-3-1;;;;;/h2*1-5H;;;;;. The molecule has 0 saturated heterocycles. The van der Waals surface area contributed by atoms with Crippen LogP contribution in [0.25, 0.3) is 0 Å². The van der Waals surface area contributed by atoms with Crippen LogP contribution in [0, 0.1) is 0 Å². The number of hydrogen-bond donors (Lipinski definition) is 0. The monoisotopic (exact) mass is 250 g/mol. The predicted molar refractivity (Wildman–Crippen MR) is 54.0 cm³/mol. The van der Waals surface area contributed by atoms with Gasteiger partial charge in [-0.05, 0) is 0 Å². The van der Waals surface area contributed by atoms with Gasteiger partial charge in [0.2, 0.25) is 0 Å². The molecule has 0 atom stereocenters. The molecule has 2 rings (SSSR count). The number of hydrogen-bond acceptors (Lipinski definition) is 0. The van der Waals surface area contributed by atoms with E-state index in [4.69, 9.17) is 0 Å². The Kier molecular flexibility index (Phi) is 4.51. The fourth-order valence-corrected chi connectivity index (χ4v) is 3.47. The van der Waals surface area contributed by atoms with Gasteiger partial charge in [-0.15, -0.1) is 0 Å². The molecule has 0 aromatic rings. The molecule has 12 heavy (non-hydrogen) atoms. The molecular formula is C10H13AlZr. The van der Waals surface area contributed by atoms with Gasteiger partial charge in [-0.25, -0.2) is 0 Å². The Hall–Kier alpha value is 0.376. The van der Waals surface area contributed by atoms with Crippen molar-refractivity contribution in [2.45, 2.75) is 9.56 Å². The SMILES string of the molecule is C1=C[CH]([AlH][CH]2C=CC=C2)C=C1.[ZrH2]. The van der Waals surface area contributed by atoms with Crippen LogP contribution in [0.1, 0.15) is 0 Å². The summed E-state index contributed by atoms with van der Waals surface area (Å²) in [5.74, 6) is 0. The van der Waals surface area contributed by atoms with Crippen LogP contribution >= 0.6 is 0 Å². The van der Waals surface area contributed by atoms with Gasteiger partial charge in [-0.2, -0.15) is 0 Å². The fourth-order valence-electron chi connectivity index (χ4n) is 1.58. The summed E-state index contributed by atoms with van der Waals surface area (Å²) in [6, 6.07) is 0. The van der Waals surface area contributed by atoms with E-state index in [1.165, 1.54) is 0 Å². The van der Waals surface area contributed by atoms with Crippen LogP contribution in [-0.4, -0.2) is 15.2 Å². The molecule has 0 aromatic heterocycles. The second-order valence-corrected chi connectivity index (χ2v) is 5.46. The summed E-state index contributed by atoms with van der Waals surface area (Å²) in [6.07, 6.45) is 18.0. The topological polar surface area (TPSA) is 0 Å². The molecule has 0 saturated carbocycles. The Morgan fingerprint density at radius 3 is 1.33 bits per heavy atom. The van der Waals surface area contributed by atoms with Gasteiger partial charge in [0.15, 0.2) is 0 Å². The van der Waals surface area contributed by atoms with Gasteiger partial charge in [0, 0.05) is 0 Å². The molecule has 0 bridgehead atoms. The van der Waals surface area contributed by atoms with Crippen molar-refractivity contribution in [1.82, 2.24) is 0 Å². The van der Waals surface area contributed by atoms with Crippen molar-refractivity contribution in [3.8, 4) is 0 Å². The van der Waals surface area contributed by atoms with Crippen LogP contribution in [0.15, 0.2) is 48.6 Å². The maximum absolute atomic E-state index is 2.33. The zero-order valence-corrected chi connectivity index (χ0v) is 12.1.